The number of carbonyl (C=O) groups excluding carboxylic acids is 1. The zero-order chi connectivity index (χ0) is 23.9. The topological polar surface area (TPSA) is 117 Å². The van der Waals surface area contributed by atoms with Gasteiger partial charge in [0.2, 0.25) is 0 Å². The number of alkyl carbamates (subject to hydrolysis) is 1. The summed E-state index contributed by atoms with van der Waals surface area (Å²) in [6.45, 7) is 1.88. The van der Waals surface area contributed by atoms with Crippen molar-refractivity contribution in [3.8, 4) is 11.1 Å². The van der Waals surface area contributed by atoms with Crippen molar-refractivity contribution in [3.05, 3.63) is 59.7 Å². The number of ether oxygens (including phenoxy) is 1. The van der Waals surface area contributed by atoms with E-state index in [1.165, 1.54) is 27.2 Å². The van der Waals surface area contributed by atoms with E-state index in [-0.39, 0.29) is 17.5 Å². The molecule has 182 valence electrons. The van der Waals surface area contributed by atoms with Crippen molar-refractivity contribution < 1.29 is 19.4 Å². The summed E-state index contributed by atoms with van der Waals surface area (Å²) in [5, 5.41) is 15.4. The average molecular weight is 485 g/mol. The van der Waals surface area contributed by atoms with E-state index in [4.69, 9.17) is 10.5 Å². The Bertz CT molecular complexity index is 953. The number of nitrogens with zero attached hydrogens (tertiary/aromatic N) is 1. The van der Waals surface area contributed by atoms with Crippen LogP contribution in [-0.4, -0.2) is 65.7 Å². The van der Waals surface area contributed by atoms with Gasteiger partial charge in [-0.05, 0) is 35.1 Å². The molecule has 34 heavy (non-hydrogen) atoms. The number of carbonyl (C=O) groups is 2. The fraction of sp³-hybridized carbons (Fsp3) is 0.440. The maximum absolute atomic E-state index is 12.2. The molecule has 0 saturated carbocycles. The van der Waals surface area contributed by atoms with Crippen LogP contribution in [0.1, 0.15) is 36.3 Å². The number of unbranched alkanes of at least 4 members (excludes halogenated alkanes) is 1. The van der Waals surface area contributed by atoms with Crippen LogP contribution in [0.2, 0.25) is 0 Å². The molecule has 2 atom stereocenters. The molecule has 9 heteroatoms. The van der Waals surface area contributed by atoms with Crippen LogP contribution in [0, 0.1) is 0 Å². The van der Waals surface area contributed by atoms with Crippen molar-refractivity contribution in [2.45, 2.75) is 36.7 Å². The summed E-state index contributed by atoms with van der Waals surface area (Å²) >= 11 is 1.58. The van der Waals surface area contributed by atoms with Crippen molar-refractivity contribution in [1.29, 1.82) is 0 Å². The molecule has 0 radical (unpaired) electrons. The number of nitrogens with two attached hydrogens (primary N) is 1. The second kappa shape index (κ2) is 11.6. The summed E-state index contributed by atoms with van der Waals surface area (Å²) in [7, 11) is 0. The Morgan fingerprint density at radius 3 is 2.44 bits per heavy atom. The molecule has 2 aromatic rings. The Hall–Kier alpha value is -2.75. The molecule has 2 aliphatic rings. The molecule has 0 spiro atoms. The van der Waals surface area contributed by atoms with Crippen LogP contribution < -0.4 is 16.4 Å². The molecule has 0 aromatic heterocycles. The Kier molecular flexibility index (Phi) is 8.31. The number of thioether (sulfide) groups is 1. The summed E-state index contributed by atoms with van der Waals surface area (Å²) in [4.78, 5) is 25.1. The van der Waals surface area contributed by atoms with Gasteiger partial charge in [0.25, 0.3) is 0 Å². The summed E-state index contributed by atoms with van der Waals surface area (Å²) < 4.78 is 5.55. The van der Waals surface area contributed by atoms with Gasteiger partial charge in [0, 0.05) is 37.3 Å². The zero-order valence-corrected chi connectivity index (χ0v) is 19.9. The highest BCUT2D eigenvalue weighted by Gasteiger charge is 2.29. The summed E-state index contributed by atoms with van der Waals surface area (Å²) in [5.41, 5.74) is 10.7. The molecule has 1 fully saturated rings. The van der Waals surface area contributed by atoms with Gasteiger partial charge in [-0.15, -0.1) is 11.8 Å². The lowest BCUT2D eigenvalue weighted by Gasteiger charge is -2.28. The van der Waals surface area contributed by atoms with Gasteiger partial charge in [-0.25, -0.2) is 9.59 Å². The smallest absolute Gasteiger partial charge is 0.409 e. The number of fused-ring (bicyclic) bond motifs is 3. The van der Waals surface area contributed by atoms with Gasteiger partial charge in [-0.2, -0.15) is 0 Å². The Morgan fingerprint density at radius 2 is 1.82 bits per heavy atom. The molecule has 2 amide bonds. The van der Waals surface area contributed by atoms with E-state index in [1.54, 1.807) is 11.8 Å². The molecule has 1 aliphatic heterocycles. The van der Waals surface area contributed by atoms with E-state index in [2.05, 4.69) is 34.9 Å². The Balaban J connectivity index is 1.15. The van der Waals surface area contributed by atoms with Gasteiger partial charge < -0.3 is 20.9 Å². The van der Waals surface area contributed by atoms with Crippen molar-refractivity contribution >= 4 is 23.9 Å². The molecule has 1 aliphatic carbocycles. The average Bonchev–Trinajstić information content (AvgIpc) is 3.47. The number of amides is 2. The van der Waals surface area contributed by atoms with Crippen LogP contribution in [-0.2, 0) is 4.74 Å². The highest BCUT2D eigenvalue weighted by Crippen LogP contribution is 2.44. The summed E-state index contributed by atoms with van der Waals surface area (Å²) in [5.74, 6) is 0.937. The number of hydrogen-bond donors (Lipinski definition) is 4. The van der Waals surface area contributed by atoms with E-state index in [9.17, 15) is 14.7 Å². The molecule has 1 saturated heterocycles. The van der Waals surface area contributed by atoms with Crippen LogP contribution in [0.4, 0.5) is 9.59 Å². The van der Waals surface area contributed by atoms with E-state index < -0.39 is 12.2 Å². The van der Waals surface area contributed by atoms with E-state index in [1.807, 2.05) is 24.3 Å². The summed E-state index contributed by atoms with van der Waals surface area (Å²) in [6.07, 6.45) is 0.852. The zero-order valence-electron chi connectivity index (χ0n) is 19.1. The number of nitrogens with one attached hydrogen (secondary N) is 2. The van der Waals surface area contributed by atoms with Gasteiger partial charge in [-0.1, -0.05) is 55.0 Å². The fourth-order valence-electron chi connectivity index (χ4n) is 4.60. The molecule has 1 unspecified atom stereocenters. The number of rotatable bonds is 10. The van der Waals surface area contributed by atoms with Crippen LogP contribution in [0.25, 0.3) is 11.1 Å². The van der Waals surface area contributed by atoms with Gasteiger partial charge in [0.05, 0.1) is 0 Å². The molecule has 4 rings (SSSR count). The SMILES string of the molecule is NC(CCCCNC(=O)OCC1c2ccccc2-c2ccccc21)CN(C(=O)O)[C@@H]1NCCS1. The molecule has 1 heterocycles. The monoisotopic (exact) mass is 484 g/mol. The maximum Gasteiger partial charge on any atom is 0.409 e. The quantitative estimate of drug-likeness (QED) is 0.381. The molecule has 8 nitrogen and oxygen atoms in total. The molecule has 2 aromatic carbocycles. The minimum Gasteiger partial charge on any atom is -0.465 e. The molecular weight excluding hydrogens is 452 g/mol. The third-order valence-electron chi connectivity index (χ3n) is 6.27. The first-order valence-corrected chi connectivity index (χ1v) is 12.8. The molecule has 0 bridgehead atoms. The molecular formula is C25H32N4O4S. The van der Waals surface area contributed by atoms with Crippen molar-refractivity contribution in [2.24, 2.45) is 5.73 Å². The fourth-order valence-corrected chi connectivity index (χ4v) is 5.65. The minimum absolute atomic E-state index is 0.0425. The Morgan fingerprint density at radius 1 is 1.15 bits per heavy atom. The predicted molar refractivity (Wildman–Crippen MR) is 134 cm³/mol. The standard InChI is InChI=1S/C25H32N4O4S/c26-17(15-29(25(31)32)23-27-13-14-34-23)7-5-6-12-28-24(30)33-16-22-20-10-3-1-8-18(20)19-9-2-4-11-21(19)22/h1-4,8-11,17,22-23,27H,5-7,12-16,26H2,(H,28,30)(H,31,32)/t17?,23-/m0/s1. The second-order valence-electron chi connectivity index (χ2n) is 8.62. The van der Waals surface area contributed by atoms with Crippen LogP contribution in [0.5, 0.6) is 0 Å². The first-order chi connectivity index (χ1) is 16.5. The van der Waals surface area contributed by atoms with Crippen LogP contribution in [0.15, 0.2) is 48.5 Å². The number of benzene rings is 2. The highest BCUT2D eigenvalue weighted by molar-refractivity contribution is 8.00. The largest absolute Gasteiger partial charge is 0.465 e. The summed E-state index contributed by atoms with van der Waals surface area (Å²) in [6, 6.07) is 16.3. The minimum atomic E-state index is -0.959. The Labute approximate surface area is 204 Å². The van der Waals surface area contributed by atoms with Gasteiger partial charge in [0.15, 0.2) is 0 Å². The van der Waals surface area contributed by atoms with E-state index >= 15 is 0 Å². The normalized spacial score (nSPS) is 17.6. The lowest BCUT2D eigenvalue weighted by Crippen LogP contribution is -2.48. The van der Waals surface area contributed by atoms with Crippen molar-refractivity contribution in [3.63, 3.8) is 0 Å². The lowest BCUT2D eigenvalue weighted by molar-refractivity contribution is 0.132. The third-order valence-corrected chi connectivity index (χ3v) is 7.45. The van der Waals surface area contributed by atoms with E-state index in [0.29, 0.717) is 26.1 Å². The molecule has 5 N–H and O–H groups in total. The van der Waals surface area contributed by atoms with Gasteiger partial charge in [0.1, 0.15) is 12.1 Å². The van der Waals surface area contributed by atoms with E-state index in [0.717, 1.165) is 25.1 Å². The van der Waals surface area contributed by atoms with Crippen molar-refractivity contribution in [1.82, 2.24) is 15.5 Å². The first-order valence-electron chi connectivity index (χ1n) is 11.7. The van der Waals surface area contributed by atoms with Gasteiger partial charge in [-0.3, -0.25) is 10.2 Å². The lowest BCUT2D eigenvalue weighted by atomic mass is 9.98. The van der Waals surface area contributed by atoms with Crippen LogP contribution in [0.3, 0.4) is 0 Å². The number of hydrogen-bond acceptors (Lipinski definition) is 6. The maximum atomic E-state index is 12.2. The van der Waals surface area contributed by atoms with Crippen LogP contribution >= 0.6 is 11.8 Å². The predicted octanol–water partition coefficient (Wildman–Crippen LogP) is 3.62. The highest BCUT2D eigenvalue weighted by atomic mass is 32.2. The number of carboxylic acid groups (broad SMARTS) is 1. The van der Waals surface area contributed by atoms with Crippen molar-refractivity contribution in [2.75, 3.05) is 32.0 Å². The second-order valence-corrected chi connectivity index (χ2v) is 9.81. The third kappa shape index (κ3) is 5.84. The first kappa shape index (κ1) is 24.4. The van der Waals surface area contributed by atoms with Gasteiger partial charge >= 0.3 is 12.2 Å².